The van der Waals surface area contributed by atoms with E-state index in [1.807, 2.05) is 0 Å². The van der Waals surface area contributed by atoms with E-state index < -0.39 is 0 Å². The van der Waals surface area contributed by atoms with Gasteiger partial charge < -0.3 is 5.11 Å². The Hall–Kier alpha value is -0.960. The lowest BCUT2D eigenvalue weighted by atomic mass is 9.46. The monoisotopic (exact) mass is 330 g/mol. The van der Waals surface area contributed by atoms with Gasteiger partial charge >= 0.3 is 0 Å². The molecule has 4 rings (SSSR count). The summed E-state index contributed by atoms with van der Waals surface area (Å²) in [4.78, 5) is 24.2. The fraction of sp³-hybridized carbons (Fsp3) is 0.810. The SMILES string of the molecule is C[C@]12CCC(=O)C[C@H]1CC[C@H]1C3=CC[C@H](C(=O)CO)[C@@]3(C)CC[C@@H]12. The molecule has 0 amide bonds. The van der Waals surface area contributed by atoms with Crippen molar-refractivity contribution in [2.75, 3.05) is 6.61 Å². The lowest BCUT2D eigenvalue weighted by Gasteiger charge is -2.58. The Morgan fingerprint density at radius 3 is 2.79 bits per heavy atom. The number of ketones is 2. The van der Waals surface area contributed by atoms with E-state index in [0.29, 0.717) is 29.0 Å². The quantitative estimate of drug-likeness (QED) is 0.786. The molecule has 3 heteroatoms. The molecule has 132 valence electrons. The van der Waals surface area contributed by atoms with Crippen LogP contribution >= 0.6 is 0 Å². The van der Waals surface area contributed by atoms with Crippen LogP contribution < -0.4 is 0 Å². The number of hydrogen-bond acceptors (Lipinski definition) is 3. The molecule has 6 atom stereocenters. The Morgan fingerprint density at radius 1 is 1.25 bits per heavy atom. The lowest BCUT2D eigenvalue weighted by Crippen LogP contribution is -2.52. The first-order valence-electron chi connectivity index (χ1n) is 9.76. The first kappa shape index (κ1) is 16.5. The molecule has 24 heavy (non-hydrogen) atoms. The van der Waals surface area contributed by atoms with E-state index in [2.05, 4.69) is 19.9 Å². The van der Waals surface area contributed by atoms with Gasteiger partial charge in [0.2, 0.25) is 0 Å². The number of aliphatic hydroxyl groups is 1. The first-order chi connectivity index (χ1) is 11.4. The normalized spacial score (nSPS) is 47.5. The zero-order valence-corrected chi connectivity index (χ0v) is 15.0. The summed E-state index contributed by atoms with van der Waals surface area (Å²) in [5.41, 5.74) is 1.79. The summed E-state index contributed by atoms with van der Waals surface area (Å²) < 4.78 is 0. The van der Waals surface area contributed by atoms with Crippen molar-refractivity contribution in [1.29, 1.82) is 0 Å². The van der Waals surface area contributed by atoms with Crippen LogP contribution in [0.15, 0.2) is 11.6 Å². The Morgan fingerprint density at radius 2 is 2.04 bits per heavy atom. The molecule has 0 aromatic heterocycles. The van der Waals surface area contributed by atoms with Gasteiger partial charge in [-0.2, -0.15) is 0 Å². The van der Waals surface area contributed by atoms with E-state index in [1.54, 1.807) is 0 Å². The summed E-state index contributed by atoms with van der Waals surface area (Å²) >= 11 is 0. The van der Waals surface area contributed by atoms with Gasteiger partial charge in [-0.15, -0.1) is 0 Å². The highest BCUT2D eigenvalue weighted by atomic mass is 16.3. The van der Waals surface area contributed by atoms with E-state index >= 15 is 0 Å². The number of carbonyl (C=O) groups is 2. The standard InChI is InChI=1S/C21H30O3/c1-20-9-7-14(23)11-13(20)3-4-15-16-5-6-18(19(24)12-22)21(16,2)10-8-17(15)20/h5,13,15,17-18,22H,3-4,6-12H2,1-2H3/t13-,15+,17+,18-,20+,21+/m1/s1. The molecular weight excluding hydrogens is 300 g/mol. The smallest absolute Gasteiger partial charge is 0.162 e. The third-order valence-electron chi connectivity index (χ3n) is 8.43. The van der Waals surface area contributed by atoms with Crippen LogP contribution in [0.2, 0.25) is 0 Å². The molecule has 0 aromatic carbocycles. The highest BCUT2D eigenvalue weighted by Crippen LogP contribution is 2.65. The van der Waals surface area contributed by atoms with E-state index in [4.69, 9.17) is 0 Å². The molecule has 4 aliphatic carbocycles. The molecule has 3 fully saturated rings. The fourth-order valence-corrected chi connectivity index (χ4v) is 6.97. The van der Waals surface area contributed by atoms with Gasteiger partial charge in [0.25, 0.3) is 0 Å². The summed E-state index contributed by atoms with van der Waals surface area (Å²) in [5.74, 6) is 2.30. The number of Topliss-reactive ketones (excluding diaryl/α,β-unsaturated/α-hetero) is 2. The average Bonchev–Trinajstić information content (AvgIpc) is 2.92. The van der Waals surface area contributed by atoms with E-state index in [0.717, 1.165) is 38.5 Å². The van der Waals surface area contributed by atoms with Crippen molar-refractivity contribution in [3.63, 3.8) is 0 Å². The molecule has 0 bridgehead atoms. The number of carbonyl (C=O) groups excluding carboxylic acids is 2. The number of allylic oxidation sites excluding steroid dienone is 2. The van der Waals surface area contributed by atoms with Crippen LogP contribution in [0.1, 0.15) is 65.2 Å². The maximum absolute atomic E-state index is 12.2. The van der Waals surface area contributed by atoms with E-state index in [9.17, 15) is 14.7 Å². The largest absolute Gasteiger partial charge is 0.389 e. The van der Waals surface area contributed by atoms with Crippen molar-refractivity contribution in [3.8, 4) is 0 Å². The molecule has 1 N–H and O–H groups in total. The summed E-state index contributed by atoms with van der Waals surface area (Å²) in [5, 5.41) is 9.35. The summed E-state index contributed by atoms with van der Waals surface area (Å²) in [6, 6.07) is 0. The zero-order chi connectivity index (χ0) is 17.1. The average molecular weight is 330 g/mol. The molecular formula is C21H30O3. The second kappa shape index (κ2) is 5.52. The van der Waals surface area contributed by atoms with Gasteiger partial charge in [0.1, 0.15) is 12.4 Å². The van der Waals surface area contributed by atoms with E-state index in [-0.39, 0.29) is 23.7 Å². The molecule has 0 saturated heterocycles. The van der Waals surface area contributed by atoms with Crippen LogP contribution in [0.4, 0.5) is 0 Å². The van der Waals surface area contributed by atoms with Gasteiger partial charge in [0.15, 0.2) is 5.78 Å². The second-order valence-corrected chi connectivity index (χ2v) is 9.26. The molecule has 0 spiro atoms. The third-order valence-corrected chi connectivity index (χ3v) is 8.43. The second-order valence-electron chi connectivity index (χ2n) is 9.26. The zero-order valence-electron chi connectivity index (χ0n) is 15.0. The summed E-state index contributed by atoms with van der Waals surface area (Å²) in [6.45, 7) is 4.38. The van der Waals surface area contributed by atoms with Crippen LogP contribution in [0.25, 0.3) is 0 Å². The first-order valence-corrected chi connectivity index (χ1v) is 9.76. The van der Waals surface area contributed by atoms with Crippen molar-refractivity contribution in [2.24, 2.45) is 34.5 Å². The Balaban J connectivity index is 1.63. The predicted molar refractivity (Wildman–Crippen MR) is 92.3 cm³/mol. The summed E-state index contributed by atoms with van der Waals surface area (Å²) in [7, 11) is 0. The fourth-order valence-electron chi connectivity index (χ4n) is 6.97. The molecule has 0 heterocycles. The number of aliphatic hydroxyl groups excluding tert-OH is 1. The van der Waals surface area contributed by atoms with Crippen molar-refractivity contribution in [3.05, 3.63) is 11.6 Å². The van der Waals surface area contributed by atoms with Crippen LogP contribution in [-0.2, 0) is 9.59 Å². The number of fused-ring (bicyclic) bond motifs is 5. The molecule has 4 aliphatic rings. The highest BCUT2D eigenvalue weighted by Gasteiger charge is 2.58. The number of rotatable bonds is 2. The third kappa shape index (κ3) is 2.13. The van der Waals surface area contributed by atoms with Crippen molar-refractivity contribution in [1.82, 2.24) is 0 Å². The molecule has 0 aliphatic heterocycles. The van der Waals surface area contributed by atoms with Gasteiger partial charge in [0.05, 0.1) is 0 Å². The Labute approximate surface area is 144 Å². The van der Waals surface area contributed by atoms with Crippen molar-refractivity contribution < 1.29 is 14.7 Å². The molecule has 3 nitrogen and oxygen atoms in total. The summed E-state index contributed by atoms with van der Waals surface area (Å²) in [6.07, 6.45) is 10.3. The maximum atomic E-state index is 12.2. The van der Waals surface area contributed by atoms with Crippen molar-refractivity contribution in [2.45, 2.75) is 65.2 Å². The molecule has 0 unspecified atom stereocenters. The van der Waals surface area contributed by atoms with Gasteiger partial charge in [0, 0.05) is 18.8 Å². The van der Waals surface area contributed by atoms with Crippen LogP contribution in [-0.4, -0.2) is 23.3 Å². The minimum atomic E-state index is -0.322. The Kier molecular flexibility index (Phi) is 3.80. The van der Waals surface area contributed by atoms with E-state index in [1.165, 1.54) is 18.4 Å². The Bertz CT molecular complexity index is 606. The lowest BCUT2D eigenvalue weighted by molar-refractivity contribution is -0.134. The number of hydrogen-bond donors (Lipinski definition) is 1. The predicted octanol–water partition coefficient (Wildman–Crippen LogP) is 3.70. The molecule has 3 saturated carbocycles. The maximum Gasteiger partial charge on any atom is 0.162 e. The molecule has 0 radical (unpaired) electrons. The highest BCUT2D eigenvalue weighted by molar-refractivity contribution is 5.84. The van der Waals surface area contributed by atoms with Crippen molar-refractivity contribution >= 4 is 11.6 Å². The van der Waals surface area contributed by atoms with Crippen LogP contribution in [0, 0.1) is 34.5 Å². The minimum absolute atomic E-state index is 0.0167. The van der Waals surface area contributed by atoms with Gasteiger partial charge in [-0.05, 0) is 67.1 Å². The van der Waals surface area contributed by atoms with Gasteiger partial charge in [-0.3, -0.25) is 9.59 Å². The van der Waals surface area contributed by atoms with Crippen LogP contribution in [0.3, 0.4) is 0 Å². The minimum Gasteiger partial charge on any atom is -0.389 e. The molecule has 0 aromatic rings. The topological polar surface area (TPSA) is 54.4 Å². The van der Waals surface area contributed by atoms with Gasteiger partial charge in [-0.1, -0.05) is 25.5 Å². The van der Waals surface area contributed by atoms with Crippen LogP contribution in [0.5, 0.6) is 0 Å². The van der Waals surface area contributed by atoms with Gasteiger partial charge in [-0.25, -0.2) is 0 Å².